The van der Waals surface area contributed by atoms with E-state index in [1.807, 2.05) is 60.7 Å². The minimum absolute atomic E-state index is 0.0532. The molecule has 0 aromatic heterocycles. The van der Waals surface area contributed by atoms with Crippen LogP contribution in [0.1, 0.15) is 49.2 Å². The standard InChI is InChI=1S/C42H48O15S/c1-26(43)50-25-34-36(52-27(2)44)37(53-28(3)45)38(54-29(4)46)41(55-34)49-20-21-58-42-39(57-40(47)32-18-12-7-13-19-32)35(51-23-31-16-10-6-11-17-31)33(56-42)24-48-22-30-14-8-5-9-15-30/h5-19,33-39,41-42H,20-25H2,1-4H3/t33-,34-,35-,36+,37+,38-,39-,41-,42+/m1/s1. The Balaban J connectivity index is 1.34. The first-order valence-electron chi connectivity index (χ1n) is 18.7. The molecule has 9 atom stereocenters. The number of hydrogen-bond acceptors (Lipinski definition) is 16. The van der Waals surface area contributed by atoms with Crippen molar-refractivity contribution >= 4 is 41.6 Å². The lowest BCUT2D eigenvalue weighted by molar-refractivity contribution is -0.307. The molecule has 2 saturated heterocycles. The molecule has 2 fully saturated rings. The normalized spacial score (nSPS) is 25.3. The van der Waals surface area contributed by atoms with Crippen molar-refractivity contribution in [2.24, 2.45) is 0 Å². The zero-order valence-electron chi connectivity index (χ0n) is 32.6. The first-order valence-corrected chi connectivity index (χ1v) is 19.8. The quantitative estimate of drug-likeness (QED) is 0.0932. The molecule has 0 spiro atoms. The fourth-order valence-corrected chi connectivity index (χ4v) is 7.38. The van der Waals surface area contributed by atoms with E-state index in [2.05, 4.69) is 0 Å². The van der Waals surface area contributed by atoms with Crippen molar-refractivity contribution in [3.05, 3.63) is 108 Å². The first kappa shape index (κ1) is 44.3. The predicted molar refractivity (Wildman–Crippen MR) is 206 cm³/mol. The highest BCUT2D eigenvalue weighted by Gasteiger charge is 2.53. The Morgan fingerprint density at radius 2 is 1.10 bits per heavy atom. The van der Waals surface area contributed by atoms with Gasteiger partial charge in [-0.3, -0.25) is 19.2 Å². The van der Waals surface area contributed by atoms with Gasteiger partial charge in [0, 0.05) is 33.4 Å². The molecule has 2 aliphatic heterocycles. The zero-order valence-corrected chi connectivity index (χ0v) is 33.4. The fourth-order valence-electron chi connectivity index (χ4n) is 6.34. The molecular weight excluding hydrogens is 777 g/mol. The Morgan fingerprint density at radius 3 is 1.71 bits per heavy atom. The van der Waals surface area contributed by atoms with Gasteiger partial charge in [-0.1, -0.05) is 78.9 Å². The summed E-state index contributed by atoms with van der Waals surface area (Å²) in [5.41, 5.74) is 1.48. The van der Waals surface area contributed by atoms with Crippen LogP contribution in [0.4, 0.5) is 0 Å². The molecule has 0 bridgehead atoms. The molecule has 0 N–H and O–H groups in total. The smallest absolute Gasteiger partial charge is 0.338 e. The molecule has 0 aliphatic carbocycles. The minimum Gasteiger partial charge on any atom is -0.463 e. The highest BCUT2D eigenvalue weighted by molar-refractivity contribution is 7.99. The summed E-state index contributed by atoms with van der Waals surface area (Å²) in [7, 11) is 0. The number of carbonyl (C=O) groups excluding carboxylic acids is 5. The maximum absolute atomic E-state index is 13.5. The number of ether oxygens (including phenoxy) is 10. The topological polar surface area (TPSA) is 178 Å². The Hall–Kier alpha value is -4.84. The molecule has 0 saturated carbocycles. The number of benzene rings is 3. The summed E-state index contributed by atoms with van der Waals surface area (Å²) in [6.07, 6.45) is -8.87. The number of esters is 5. The van der Waals surface area contributed by atoms with E-state index in [9.17, 15) is 24.0 Å². The van der Waals surface area contributed by atoms with E-state index >= 15 is 0 Å². The van der Waals surface area contributed by atoms with Crippen molar-refractivity contribution in [2.45, 2.75) is 95.4 Å². The SMILES string of the molecule is CC(=O)OC[C@H]1O[C@@H](OCCS[C@@H]2O[C@H](COCc3ccccc3)[C@@H](OCc3ccccc3)[C@H]2OC(=O)c2ccccc2)[C@H](OC(C)=O)[C@@H](OC(C)=O)[C@H]1OC(C)=O. The van der Waals surface area contributed by atoms with E-state index in [1.165, 1.54) is 18.7 Å². The van der Waals surface area contributed by atoms with E-state index in [-0.39, 0.29) is 25.6 Å². The second kappa shape index (κ2) is 22.3. The zero-order chi connectivity index (χ0) is 41.4. The molecule has 58 heavy (non-hydrogen) atoms. The van der Waals surface area contributed by atoms with Crippen LogP contribution in [-0.4, -0.2) is 110 Å². The van der Waals surface area contributed by atoms with Gasteiger partial charge in [0.25, 0.3) is 0 Å². The van der Waals surface area contributed by atoms with Crippen LogP contribution in [-0.2, 0) is 79.8 Å². The molecule has 0 radical (unpaired) electrons. The Kier molecular flexibility index (Phi) is 17.1. The molecular formula is C42H48O15S. The van der Waals surface area contributed by atoms with Gasteiger partial charge in [-0.05, 0) is 23.3 Å². The molecule has 15 nitrogen and oxygen atoms in total. The third-order valence-corrected chi connectivity index (χ3v) is 9.90. The number of thioether (sulfide) groups is 1. The molecule has 5 rings (SSSR count). The van der Waals surface area contributed by atoms with Gasteiger partial charge in [0.05, 0.1) is 32.0 Å². The van der Waals surface area contributed by atoms with Gasteiger partial charge in [-0.15, -0.1) is 11.8 Å². The lowest BCUT2D eigenvalue weighted by Crippen LogP contribution is -2.63. The largest absolute Gasteiger partial charge is 0.463 e. The number of rotatable bonds is 19. The molecule has 16 heteroatoms. The van der Waals surface area contributed by atoms with Crippen LogP contribution in [0.5, 0.6) is 0 Å². The molecule has 3 aromatic carbocycles. The molecule has 3 aromatic rings. The van der Waals surface area contributed by atoms with Crippen LogP contribution in [0.3, 0.4) is 0 Å². The second-order valence-corrected chi connectivity index (χ2v) is 14.6. The van der Waals surface area contributed by atoms with E-state index in [4.69, 9.17) is 47.4 Å². The van der Waals surface area contributed by atoms with Gasteiger partial charge >= 0.3 is 29.8 Å². The molecule has 0 amide bonds. The summed E-state index contributed by atoms with van der Waals surface area (Å²) in [6, 6.07) is 27.8. The summed E-state index contributed by atoms with van der Waals surface area (Å²) < 4.78 is 59.0. The fraction of sp³-hybridized carbons (Fsp3) is 0.452. The second-order valence-electron chi connectivity index (χ2n) is 13.4. The third kappa shape index (κ3) is 13.4. The van der Waals surface area contributed by atoms with Crippen molar-refractivity contribution in [1.29, 1.82) is 0 Å². The van der Waals surface area contributed by atoms with Crippen molar-refractivity contribution in [3.8, 4) is 0 Å². The van der Waals surface area contributed by atoms with Gasteiger partial charge in [-0.25, -0.2) is 4.79 Å². The average Bonchev–Trinajstić information content (AvgIpc) is 3.52. The molecule has 2 aliphatic rings. The summed E-state index contributed by atoms with van der Waals surface area (Å²) in [6.45, 7) is 4.83. The van der Waals surface area contributed by atoms with Crippen molar-refractivity contribution in [2.75, 3.05) is 25.6 Å². The minimum atomic E-state index is -1.38. The third-order valence-electron chi connectivity index (χ3n) is 8.79. The van der Waals surface area contributed by atoms with Gasteiger partial charge in [0.15, 0.2) is 30.7 Å². The molecule has 0 unspecified atom stereocenters. The van der Waals surface area contributed by atoms with E-state index in [0.29, 0.717) is 12.2 Å². The first-order chi connectivity index (χ1) is 28.0. The van der Waals surface area contributed by atoms with E-state index in [0.717, 1.165) is 31.9 Å². The summed E-state index contributed by atoms with van der Waals surface area (Å²) >= 11 is 1.28. The summed E-state index contributed by atoms with van der Waals surface area (Å²) in [5, 5.41) is 0. The number of carbonyl (C=O) groups is 5. The van der Waals surface area contributed by atoms with Gasteiger partial charge < -0.3 is 47.4 Å². The van der Waals surface area contributed by atoms with Crippen LogP contribution in [0, 0.1) is 0 Å². The highest BCUT2D eigenvalue weighted by atomic mass is 32.2. The van der Waals surface area contributed by atoms with Crippen LogP contribution >= 0.6 is 11.8 Å². The Labute approximate surface area is 340 Å². The van der Waals surface area contributed by atoms with Gasteiger partial charge in [0.2, 0.25) is 0 Å². The van der Waals surface area contributed by atoms with Crippen LogP contribution in [0.25, 0.3) is 0 Å². The van der Waals surface area contributed by atoms with Crippen LogP contribution < -0.4 is 0 Å². The van der Waals surface area contributed by atoms with Gasteiger partial charge in [-0.2, -0.15) is 0 Å². The maximum atomic E-state index is 13.5. The highest BCUT2D eigenvalue weighted by Crippen LogP contribution is 2.36. The molecule has 312 valence electrons. The van der Waals surface area contributed by atoms with Crippen molar-refractivity contribution in [3.63, 3.8) is 0 Å². The lowest BCUT2D eigenvalue weighted by Gasteiger charge is -2.44. The van der Waals surface area contributed by atoms with Crippen molar-refractivity contribution < 1.29 is 71.3 Å². The Bertz CT molecular complexity index is 1780. The van der Waals surface area contributed by atoms with Crippen LogP contribution in [0.15, 0.2) is 91.0 Å². The van der Waals surface area contributed by atoms with Crippen molar-refractivity contribution in [1.82, 2.24) is 0 Å². The van der Waals surface area contributed by atoms with E-state index in [1.54, 1.807) is 30.3 Å². The molecule has 2 heterocycles. The average molecular weight is 825 g/mol. The Morgan fingerprint density at radius 1 is 0.552 bits per heavy atom. The van der Waals surface area contributed by atoms with Crippen LogP contribution in [0.2, 0.25) is 0 Å². The summed E-state index contributed by atoms with van der Waals surface area (Å²) in [4.78, 5) is 61.8. The number of hydrogen-bond donors (Lipinski definition) is 0. The predicted octanol–water partition coefficient (Wildman–Crippen LogP) is 4.57. The monoisotopic (exact) mass is 824 g/mol. The van der Waals surface area contributed by atoms with E-state index < -0.39 is 90.9 Å². The van der Waals surface area contributed by atoms with Gasteiger partial charge in [0.1, 0.15) is 30.4 Å². The lowest BCUT2D eigenvalue weighted by atomic mass is 9.98. The summed E-state index contributed by atoms with van der Waals surface area (Å²) in [5.74, 6) is -3.24. The maximum Gasteiger partial charge on any atom is 0.338 e.